The summed E-state index contributed by atoms with van der Waals surface area (Å²) in [5.74, 6) is 1.01. The van der Waals surface area contributed by atoms with Gasteiger partial charge in [0.2, 0.25) is 0 Å². The zero-order valence-corrected chi connectivity index (χ0v) is 14.5. The van der Waals surface area contributed by atoms with Crippen molar-refractivity contribution in [2.75, 3.05) is 19.6 Å². The largest absolute Gasteiger partial charge is 0.508 e. The Kier molecular flexibility index (Phi) is 7.02. The first kappa shape index (κ1) is 18.3. The van der Waals surface area contributed by atoms with Crippen molar-refractivity contribution in [3.8, 4) is 5.75 Å². The molecule has 1 heterocycles. The summed E-state index contributed by atoms with van der Waals surface area (Å²) >= 11 is 0. The highest BCUT2D eigenvalue weighted by Gasteiger charge is 2.37. The van der Waals surface area contributed by atoms with Crippen LogP contribution in [0.5, 0.6) is 5.75 Å². The maximum absolute atomic E-state index is 9.73. The van der Waals surface area contributed by atoms with Crippen LogP contribution in [-0.4, -0.2) is 29.6 Å². The van der Waals surface area contributed by atoms with Crippen molar-refractivity contribution in [2.24, 2.45) is 5.92 Å². The average Bonchev–Trinajstić information content (AvgIpc) is 2.43. The van der Waals surface area contributed by atoms with Gasteiger partial charge in [-0.15, -0.1) is 12.4 Å². The Morgan fingerprint density at radius 1 is 1.33 bits per heavy atom. The molecule has 2 atom stereocenters. The number of hydrogen-bond acceptors (Lipinski definition) is 2. The van der Waals surface area contributed by atoms with Crippen LogP contribution in [0.3, 0.4) is 0 Å². The van der Waals surface area contributed by atoms with E-state index in [0.717, 1.165) is 0 Å². The number of rotatable bonds is 5. The molecule has 0 saturated carbocycles. The first-order valence-corrected chi connectivity index (χ1v) is 8.08. The molecule has 0 aromatic heterocycles. The van der Waals surface area contributed by atoms with Crippen LogP contribution >= 0.6 is 12.4 Å². The number of piperidine rings is 1. The molecule has 2 nitrogen and oxygen atoms in total. The van der Waals surface area contributed by atoms with Crippen LogP contribution in [0.2, 0.25) is 0 Å². The third-order valence-corrected chi connectivity index (χ3v) is 5.15. The summed E-state index contributed by atoms with van der Waals surface area (Å²) in [7, 11) is 0. The van der Waals surface area contributed by atoms with Crippen LogP contribution in [-0.2, 0) is 5.41 Å². The Balaban J connectivity index is 0.00000220. The summed E-state index contributed by atoms with van der Waals surface area (Å²) in [6, 6.07) is 7.85. The van der Waals surface area contributed by atoms with E-state index < -0.39 is 0 Å². The molecule has 1 fully saturated rings. The molecule has 0 amide bonds. The molecule has 1 saturated heterocycles. The Bertz CT molecular complexity index is 437. The van der Waals surface area contributed by atoms with Gasteiger partial charge in [0.1, 0.15) is 5.75 Å². The molecule has 0 spiro atoms. The van der Waals surface area contributed by atoms with Crippen molar-refractivity contribution in [2.45, 2.75) is 51.9 Å². The first-order valence-electron chi connectivity index (χ1n) is 8.08. The van der Waals surface area contributed by atoms with E-state index in [1.54, 1.807) is 6.07 Å². The fourth-order valence-corrected chi connectivity index (χ4v) is 3.40. The van der Waals surface area contributed by atoms with Crippen LogP contribution in [0, 0.1) is 5.92 Å². The highest BCUT2D eigenvalue weighted by molar-refractivity contribution is 5.85. The normalized spacial score (nSPS) is 26.3. The smallest absolute Gasteiger partial charge is 0.115 e. The van der Waals surface area contributed by atoms with E-state index in [1.165, 1.54) is 50.9 Å². The van der Waals surface area contributed by atoms with Gasteiger partial charge in [-0.3, -0.25) is 0 Å². The number of benzene rings is 1. The van der Waals surface area contributed by atoms with E-state index >= 15 is 0 Å². The number of hydrogen-bond donors (Lipinski definition) is 1. The van der Waals surface area contributed by atoms with Crippen LogP contribution in [0.15, 0.2) is 24.3 Å². The van der Waals surface area contributed by atoms with Crippen LogP contribution in [0.4, 0.5) is 0 Å². The molecular weight excluding hydrogens is 282 g/mol. The van der Waals surface area contributed by atoms with Crippen LogP contribution < -0.4 is 0 Å². The number of unbranched alkanes of at least 4 members (excludes halogenated alkanes) is 2. The number of nitrogens with zero attached hydrogens (tertiary/aromatic N) is 1. The maximum atomic E-state index is 9.73. The fraction of sp³-hybridized carbons (Fsp3) is 0.667. The minimum absolute atomic E-state index is 0. The molecule has 0 aliphatic carbocycles. The second-order valence-electron chi connectivity index (χ2n) is 6.63. The van der Waals surface area contributed by atoms with Crippen LogP contribution in [0.1, 0.15) is 52.0 Å². The monoisotopic (exact) mass is 311 g/mol. The molecule has 1 aromatic carbocycles. The molecule has 1 N–H and O–H groups in total. The van der Waals surface area contributed by atoms with Gasteiger partial charge in [-0.1, -0.05) is 45.7 Å². The van der Waals surface area contributed by atoms with E-state index in [1.807, 2.05) is 12.1 Å². The van der Waals surface area contributed by atoms with Gasteiger partial charge in [-0.25, -0.2) is 0 Å². The van der Waals surface area contributed by atoms with Crippen molar-refractivity contribution in [1.29, 1.82) is 0 Å². The predicted octanol–water partition coefficient (Wildman–Crippen LogP) is 4.60. The van der Waals surface area contributed by atoms with E-state index in [-0.39, 0.29) is 17.8 Å². The van der Waals surface area contributed by atoms with Crippen molar-refractivity contribution in [3.05, 3.63) is 29.8 Å². The summed E-state index contributed by atoms with van der Waals surface area (Å²) in [6.07, 6.45) is 5.15. The maximum Gasteiger partial charge on any atom is 0.115 e. The minimum Gasteiger partial charge on any atom is -0.508 e. The fourth-order valence-electron chi connectivity index (χ4n) is 3.40. The molecule has 2 rings (SSSR count). The number of likely N-dealkylation sites (tertiary alicyclic amines) is 1. The van der Waals surface area contributed by atoms with E-state index in [4.69, 9.17) is 0 Å². The van der Waals surface area contributed by atoms with Crippen molar-refractivity contribution in [3.63, 3.8) is 0 Å². The molecule has 1 aliphatic heterocycles. The molecular formula is C18H30ClNO. The standard InChI is InChI=1S/C18H29NO.ClH/c1-4-5-6-11-19-12-10-18(3,15(2)14-19)16-8-7-9-17(20)13-16;/h7-9,13,15,20H,4-6,10-12,14H2,1-3H3;1H/t15-,18-;/m0./s1. The topological polar surface area (TPSA) is 23.5 Å². The van der Waals surface area contributed by atoms with Gasteiger partial charge in [0.25, 0.3) is 0 Å². The summed E-state index contributed by atoms with van der Waals surface area (Å²) in [5, 5.41) is 9.73. The average molecular weight is 312 g/mol. The molecule has 21 heavy (non-hydrogen) atoms. The molecule has 1 aromatic rings. The number of aromatic hydroxyl groups is 1. The first-order chi connectivity index (χ1) is 9.56. The lowest BCUT2D eigenvalue weighted by Crippen LogP contribution is -2.47. The molecule has 0 bridgehead atoms. The van der Waals surface area contributed by atoms with Gasteiger partial charge < -0.3 is 10.0 Å². The highest BCUT2D eigenvalue weighted by Crippen LogP contribution is 2.40. The molecule has 0 radical (unpaired) electrons. The SMILES string of the molecule is CCCCCN1CC[C@](C)(c2cccc(O)c2)[C@@H](C)C1.Cl. The van der Waals surface area contributed by atoms with Gasteiger partial charge >= 0.3 is 0 Å². The quantitative estimate of drug-likeness (QED) is 0.803. The van der Waals surface area contributed by atoms with E-state index in [0.29, 0.717) is 11.7 Å². The summed E-state index contributed by atoms with van der Waals surface area (Å²) in [6.45, 7) is 10.6. The minimum atomic E-state index is 0. The van der Waals surface area contributed by atoms with E-state index in [9.17, 15) is 5.11 Å². The zero-order valence-electron chi connectivity index (χ0n) is 13.6. The third kappa shape index (κ3) is 4.37. The molecule has 1 aliphatic rings. The number of phenols is 1. The van der Waals surface area contributed by atoms with E-state index in [2.05, 4.69) is 31.7 Å². The summed E-state index contributed by atoms with van der Waals surface area (Å²) in [5.41, 5.74) is 1.48. The van der Waals surface area contributed by atoms with Crippen molar-refractivity contribution >= 4 is 12.4 Å². The van der Waals surface area contributed by atoms with Gasteiger partial charge in [-0.2, -0.15) is 0 Å². The molecule has 0 unspecified atom stereocenters. The van der Waals surface area contributed by atoms with Gasteiger partial charge in [-0.05, 0) is 55.0 Å². The zero-order chi connectivity index (χ0) is 14.6. The Morgan fingerprint density at radius 2 is 2.10 bits per heavy atom. The Hall–Kier alpha value is -0.730. The lowest BCUT2D eigenvalue weighted by atomic mass is 9.68. The predicted molar refractivity (Wildman–Crippen MR) is 92.5 cm³/mol. The highest BCUT2D eigenvalue weighted by atomic mass is 35.5. The van der Waals surface area contributed by atoms with Crippen molar-refractivity contribution in [1.82, 2.24) is 4.90 Å². The third-order valence-electron chi connectivity index (χ3n) is 5.15. The second-order valence-corrected chi connectivity index (χ2v) is 6.63. The van der Waals surface area contributed by atoms with Gasteiger partial charge in [0.15, 0.2) is 0 Å². The molecule has 3 heteroatoms. The number of halogens is 1. The number of phenolic OH excluding ortho intramolecular Hbond substituents is 1. The summed E-state index contributed by atoms with van der Waals surface area (Å²) < 4.78 is 0. The summed E-state index contributed by atoms with van der Waals surface area (Å²) in [4.78, 5) is 2.62. The Labute approximate surface area is 136 Å². The van der Waals surface area contributed by atoms with Gasteiger partial charge in [0, 0.05) is 6.54 Å². The molecule has 120 valence electrons. The van der Waals surface area contributed by atoms with Crippen LogP contribution in [0.25, 0.3) is 0 Å². The Morgan fingerprint density at radius 3 is 2.71 bits per heavy atom. The van der Waals surface area contributed by atoms with Crippen molar-refractivity contribution < 1.29 is 5.11 Å². The lowest BCUT2D eigenvalue weighted by Gasteiger charge is -2.45. The second kappa shape index (κ2) is 8.05. The van der Waals surface area contributed by atoms with Gasteiger partial charge in [0.05, 0.1) is 0 Å². The lowest BCUT2D eigenvalue weighted by molar-refractivity contribution is 0.109.